The zero-order valence-electron chi connectivity index (χ0n) is 20.6. The zero-order chi connectivity index (χ0) is 27.9. The van der Waals surface area contributed by atoms with Crippen LogP contribution in [0.5, 0.6) is 0 Å². The van der Waals surface area contributed by atoms with Crippen molar-refractivity contribution in [1.82, 2.24) is 20.0 Å². The second kappa shape index (κ2) is 10.3. The minimum atomic E-state index is -4.97. The third kappa shape index (κ3) is 5.83. The van der Waals surface area contributed by atoms with Gasteiger partial charge in [-0.1, -0.05) is 12.1 Å². The van der Waals surface area contributed by atoms with Gasteiger partial charge in [-0.25, -0.2) is 0 Å². The molecule has 2 aliphatic heterocycles. The van der Waals surface area contributed by atoms with Gasteiger partial charge in [0.25, 0.3) is 5.91 Å². The van der Waals surface area contributed by atoms with E-state index in [9.17, 15) is 31.1 Å². The Morgan fingerprint density at radius 3 is 2.51 bits per heavy atom. The quantitative estimate of drug-likeness (QED) is 0.320. The van der Waals surface area contributed by atoms with Gasteiger partial charge in [0.15, 0.2) is 5.17 Å². The van der Waals surface area contributed by atoms with E-state index in [1.54, 1.807) is 24.3 Å². The van der Waals surface area contributed by atoms with Crippen LogP contribution in [0.3, 0.4) is 0 Å². The number of rotatable bonds is 4. The standard InChI is InChI=1S/C26H23F6N5OS/c1-36(19-6-8-33-9-7-19)24-35-23(38)22(39-24)11-15-2-5-21-17(10-15)13-34-37(21)14-16-3-4-18(25(27,28)29)12-20(16)26(30,31)32/h2-5,10-13,19,33H,6-9,14H2,1H3/b22-11-. The molecule has 1 fully saturated rings. The number of amides is 1. The molecule has 0 unspecified atom stereocenters. The van der Waals surface area contributed by atoms with Crippen LogP contribution in [0, 0.1) is 0 Å². The number of halogens is 6. The number of thioether (sulfide) groups is 1. The number of amidine groups is 1. The molecular weight excluding hydrogens is 544 g/mol. The summed E-state index contributed by atoms with van der Waals surface area (Å²) in [5.74, 6) is -0.339. The maximum Gasteiger partial charge on any atom is 0.416 e. The molecule has 1 amide bonds. The molecule has 0 bridgehead atoms. The van der Waals surface area contributed by atoms with Crippen molar-refractivity contribution in [3.8, 4) is 0 Å². The smallest absolute Gasteiger partial charge is 0.351 e. The van der Waals surface area contributed by atoms with Crippen molar-refractivity contribution in [1.29, 1.82) is 0 Å². The highest BCUT2D eigenvalue weighted by atomic mass is 32.2. The summed E-state index contributed by atoms with van der Waals surface area (Å²) in [6.45, 7) is 1.45. The molecule has 0 aliphatic carbocycles. The van der Waals surface area contributed by atoms with Crippen LogP contribution in [0.4, 0.5) is 26.3 Å². The number of hydrogen-bond donors (Lipinski definition) is 1. The summed E-state index contributed by atoms with van der Waals surface area (Å²) in [6, 6.07) is 6.99. The van der Waals surface area contributed by atoms with E-state index in [4.69, 9.17) is 0 Å². The van der Waals surface area contributed by atoms with Crippen molar-refractivity contribution < 1.29 is 31.1 Å². The first-order valence-electron chi connectivity index (χ1n) is 12.1. The summed E-state index contributed by atoms with van der Waals surface area (Å²) in [5.41, 5.74) is -1.87. The molecule has 206 valence electrons. The molecule has 0 radical (unpaired) electrons. The molecule has 5 rings (SSSR count). The monoisotopic (exact) mass is 567 g/mol. The van der Waals surface area contributed by atoms with Crippen molar-refractivity contribution in [2.24, 2.45) is 4.99 Å². The van der Waals surface area contributed by atoms with Crippen molar-refractivity contribution in [2.75, 3.05) is 20.1 Å². The van der Waals surface area contributed by atoms with Crippen LogP contribution in [0.2, 0.25) is 0 Å². The van der Waals surface area contributed by atoms with Crippen LogP contribution in [-0.4, -0.2) is 51.9 Å². The molecule has 2 aliphatic rings. The van der Waals surface area contributed by atoms with Gasteiger partial charge in [0.2, 0.25) is 0 Å². The molecule has 6 nitrogen and oxygen atoms in total. The summed E-state index contributed by atoms with van der Waals surface area (Å²) < 4.78 is 81.0. The average molecular weight is 568 g/mol. The minimum absolute atomic E-state index is 0.126. The zero-order valence-corrected chi connectivity index (χ0v) is 21.4. The fraction of sp³-hybridized carbons (Fsp3) is 0.346. The first kappa shape index (κ1) is 27.3. The van der Waals surface area contributed by atoms with Crippen molar-refractivity contribution in [3.63, 3.8) is 0 Å². The number of alkyl halides is 6. The van der Waals surface area contributed by atoms with E-state index in [2.05, 4.69) is 15.4 Å². The number of piperidine rings is 1. The summed E-state index contributed by atoms with van der Waals surface area (Å²) in [6.07, 6.45) is -4.77. The third-order valence-corrected chi connectivity index (χ3v) is 7.87. The SMILES string of the molecule is CN(C1=NC(=O)/C(=C/c2ccc3c(cnn3Cc3ccc(C(F)(F)F)cc3C(F)(F)F)c2)S1)C1CCNCC1. The van der Waals surface area contributed by atoms with Gasteiger partial charge < -0.3 is 10.2 Å². The van der Waals surface area contributed by atoms with E-state index in [-0.39, 0.29) is 24.1 Å². The Morgan fingerprint density at radius 1 is 1.08 bits per heavy atom. The fourth-order valence-electron chi connectivity index (χ4n) is 4.69. The second-order valence-corrected chi connectivity index (χ2v) is 10.4. The van der Waals surface area contributed by atoms with Gasteiger partial charge >= 0.3 is 12.4 Å². The van der Waals surface area contributed by atoms with Crippen molar-refractivity contribution in [2.45, 2.75) is 37.8 Å². The number of carbonyl (C=O) groups excluding carboxylic acids is 1. The Bertz CT molecular complexity index is 1470. The predicted octanol–water partition coefficient (Wildman–Crippen LogP) is 5.78. The Kier molecular flexibility index (Phi) is 7.23. The summed E-state index contributed by atoms with van der Waals surface area (Å²) in [7, 11) is 1.93. The lowest BCUT2D eigenvalue weighted by Gasteiger charge is -2.32. The fourth-order valence-corrected chi connectivity index (χ4v) is 5.63. The van der Waals surface area contributed by atoms with E-state index in [1.807, 2.05) is 11.9 Å². The maximum absolute atomic E-state index is 13.6. The Labute approximate surface area is 223 Å². The molecular formula is C26H23F6N5OS. The molecule has 3 heterocycles. The highest BCUT2D eigenvalue weighted by Crippen LogP contribution is 2.38. The number of nitrogens with zero attached hydrogens (tertiary/aromatic N) is 4. The number of aliphatic imine (C=N–C) groups is 1. The molecule has 0 spiro atoms. The van der Waals surface area contributed by atoms with Gasteiger partial charge in [-0.05, 0) is 79.2 Å². The van der Waals surface area contributed by atoms with Crippen LogP contribution in [-0.2, 0) is 23.7 Å². The highest BCUT2D eigenvalue weighted by molar-refractivity contribution is 8.18. The lowest BCUT2D eigenvalue weighted by molar-refractivity contribution is -0.143. The summed E-state index contributed by atoms with van der Waals surface area (Å²) >= 11 is 1.29. The molecule has 13 heteroatoms. The number of benzene rings is 2. The number of nitrogens with one attached hydrogen (secondary N) is 1. The van der Waals surface area contributed by atoms with Crippen molar-refractivity contribution >= 4 is 39.8 Å². The van der Waals surface area contributed by atoms with Crippen LogP contribution in [0.1, 0.15) is 35.1 Å². The molecule has 0 saturated carbocycles. The Balaban J connectivity index is 1.36. The molecule has 3 aromatic rings. The average Bonchev–Trinajstić information content (AvgIpc) is 3.45. The van der Waals surface area contributed by atoms with Gasteiger partial charge in [-0.2, -0.15) is 36.4 Å². The molecule has 0 atom stereocenters. The normalized spacial score (nSPS) is 18.3. The van der Waals surface area contributed by atoms with Crippen LogP contribution < -0.4 is 5.32 Å². The lowest BCUT2D eigenvalue weighted by atomic mass is 10.0. The maximum atomic E-state index is 13.6. The molecule has 39 heavy (non-hydrogen) atoms. The Morgan fingerprint density at radius 2 is 1.82 bits per heavy atom. The second-order valence-electron chi connectivity index (χ2n) is 9.39. The van der Waals surface area contributed by atoms with E-state index in [0.717, 1.165) is 32.0 Å². The van der Waals surface area contributed by atoms with Crippen LogP contribution >= 0.6 is 11.8 Å². The van der Waals surface area contributed by atoms with Gasteiger partial charge in [-0.3, -0.25) is 9.48 Å². The first-order chi connectivity index (χ1) is 18.4. The number of fused-ring (bicyclic) bond motifs is 1. The topological polar surface area (TPSA) is 62.5 Å². The largest absolute Gasteiger partial charge is 0.416 e. The van der Waals surface area contributed by atoms with Crippen LogP contribution in [0.15, 0.2) is 52.5 Å². The molecule has 1 saturated heterocycles. The third-order valence-electron chi connectivity index (χ3n) is 6.79. The van der Waals surface area contributed by atoms with Gasteiger partial charge in [0.05, 0.1) is 34.3 Å². The Hall–Kier alpha value is -3.32. The number of carbonyl (C=O) groups is 1. The van der Waals surface area contributed by atoms with Gasteiger partial charge in [0, 0.05) is 18.5 Å². The van der Waals surface area contributed by atoms with Crippen LogP contribution in [0.25, 0.3) is 17.0 Å². The van der Waals surface area contributed by atoms with E-state index < -0.39 is 23.5 Å². The molecule has 1 N–H and O–H groups in total. The van der Waals surface area contributed by atoms with E-state index >= 15 is 0 Å². The molecule has 2 aromatic carbocycles. The summed E-state index contributed by atoms with van der Waals surface area (Å²) in [5, 5.41) is 8.71. The summed E-state index contributed by atoms with van der Waals surface area (Å²) in [4.78, 5) is 19.2. The predicted molar refractivity (Wildman–Crippen MR) is 137 cm³/mol. The first-order valence-corrected chi connectivity index (χ1v) is 12.9. The van der Waals surface area contributed by atoms with E-state index in [0.29, 0.717) is 38.6 Å². The number of hydrogen-bond acceptors (Lipinski definition) is 5. The van der Waals surface area contributed by atoms with Gasteiger partial charge in [0.1, 0.15) is 0 Å². The molecule has 1 aromatic heterocycles. The van der Waals surface area contributed by atoms with E-state index in [1.165, 1.54) is 22.6 Å². The van der Waals surface area contributed by atoms with Crippen molar-refractivity contribution in [3.05, 3.63) is 69.8 Å². The van der Waals surface area contributed by atoms with Gasteiger partial charge in [-0.15, -0.1) is 0 Å². The minimum Gasteiger partial charge on any atom is -0.351 e. The number of aromatic nitrogens is 2. The highest BCUT2D eigenvalue weighted by Gasteiger charge is 2.38. The lowest BCUT2D eigenvalue weighted by Crippen LogP contribution is -2.42.